The van der Waals surface area contributed by atoms with E-state index < -0.39 is 10.0 Å². The van der Waals surface area contributed by atoms with E-state index in [9.17, 15) is 13.2 Å². The standard InChI is InChI=1S/C24H31N3O4S/c1-15-12-16(2)21(17(3)13-15)9-10-22-23(18(4)26-31-22)32(29,30)27-11-5-6-19(14-27)24(28)25-20-7-8-20/h9-10,12-13,19-20H,5-8,11,14H2,1-4H3,(H,25,28)/b10-9+/t19-/m1/s1. The number of carbonyl (C=O) groups is 1. The van der Waals surface area contributed by atoms with E-state index in [0.29, 0.717) is 25.1 Å². The summed E-state index contributed by atoms with van der Waals surface area (Å²) >= 11 is 0. The van der Waals surface area contributed by atoms with Crippen LogP contribution in [0.15, 0.2) is 21.6 Å². The number of hydrogen-bond acceptors (Lipinski definition) is 5. The molecule has 8 heteroatoms. The SMILES string of the molecule is Cc1cc(C)c(/C=C/c2onc(C)c2S(=O)(=O)N2CCC[C@@H](C(=O)NC3CC3)C2)c(C)c1. The Bertz CT molecular complexity index is 1140. The van der Waals surface area contributed by atoms with Crippen molar-refractivity contribution < 1.29 is 17.7 Å². The first-order valence-corrected chi connectivity index (χ1v) is 12.6. The highest BCUT2D eigenvalue weighted by molar-refractivity contribution is 7.89. The first kappa shape index (κ1) is 22.7. The maximum absolute atomic E-state index is 13.5. The van der Waals surface area contributed by atoms with Crippen molar-refractivity contribution in [1.29, 1.82) is 0 Å². The zero-order chi connectivity index (χ0) is 23.0. The Morgan fingerprint density at radius 3 is 2.47 bits per heavy atom. The number of hydrogen-bond donors (Lipinski definition) is 1. The second kappa shape index (κ2) is 8.83. The minimum absolute atomic E-state index is 0.0418. The van der Waals surface area contributed by atoms with Gasteiger partial charge in [0, 0.05) is 19.1 Å². The van der Waals surface area contributed by atoms with E-state index in [4.69, 9.17) is 4.52 Å². The molecule has 0 radical (unpaired) electrons. The van der Waals surface area contributed by atoms with Crippen LogP contribution in [-0.2, 0) is 14.8 Å². The van der Waals surface area contributed by atoms with E-state index in [2.05, 4.69) is 29.5 Å². The van der Waals surface area contributed by atoms with Crippen LogP contribution in [0.4, 0.5) is 0 Å². The monoisotopic (exact) mass is 457 g/mol. The average Bonchev–Trinajstić information content (AvgIpc) is 3.46. The van der Waals surface area contributed by atoms with Gasteiger partial charge in [0.1, 0.15) is 5.69 Å². The molecule has 1 amide bonds. The molecule has 2 aliphatic rings. The molecule has 1 aromatic heterocycles. The second-order valence-electron chi connectivity index (χ2n) is 9.09. The number of sulfonamides is 1. The topological polar surface area (TPSA) is 92.5 Å². The van der Waals surface area contributed by atoms with Gasteiger partial charge in [0.05, 0.1) is 5.92 Å². The average molecular weight is 458 g/mol. The van der Waals surface area contributed by atoms with E-state index in [1.807, 2.05) is 19.9 Å². The molecule has 32 heavy (non-hydrogen) atoms. The van der Waals surface area contributed by atoms with Crippen molar-refractivity contribution in [2.75, 3.05) is 13.1 Å². The van der Waals surface area contributed by atoms with Gasteiger partial charge in [-0.3, -0.25) is 4.79 Å². The molecule has 4 rings (SSSR count). The minimum Gasteiger partial charge on any atom is -0.355 e. The fourth-order valence-corrected chi connectivity index (χ4v) is 6.24. The zero-order valence-electron chi connectivity index (χ0n) is 19.1. The van der Waals surface area contributed by atoms with Crippen molar-refractivity contribution >= 4 is 28.1 Å². The van der Waals surface area contributed by atoms with Crippen molar-refractivity contribution in [3.8, 4) is 0 Å². The molecule has 2 heterocycles. The molecular weight excluding hydrogens is 426 g/mol. The quantitative estimate of drug-likeness (QED) is 0.713. The molecule has 1 saturated carbocycles. The number of piperidine rings is 1. The Hall–Kier alpha value is -2.45. The van der Waals surface area contributed by atoms with Gasteiger partial charge in [-0.05, 0) is 76.1 Å². The number of benzene rings is 1. The molecule has 7 nitrogen and oxygen atoms in total. The Morgan fingerprint density at radius 1 is 1.12 bits per heavy atom. The van der Waals surface area contributed by atoms with Crippen LogP contribution in [0.3, 0.4) is 0 Å². The molecule has 1 saturated heterocycles. The Labute approximate surface area is 189 Å². The van der Waals surface area contributed by atoms with Crippen LogP contribution in [0.25, 0.3) is 12.2 Å². The van der Waals surface area contributed by atoms with Crippen LogP contribution < -0.4 is 5.32 Å². The number of aromatic nitrogens is 1. The van der Waals surface area contributed by atoms with Crippen LogP contribution in [0, 0.1) is 33.6 Å². The lowest BCUT2D eigenvalue weighted by Gasteiger charge is -2.31. The summed E-state index contributed by atoms with van der Waals surface area (Å²) in [5.41, 5.74) is 4.76. The fraction of sp³-hybridized carbons (Fsp3) is 0.500. The van der Waals surface area contributed by atoms with Crippen LogP contribution in [-0.4, -0.2) is 42.9 Å². The highest BCUT2D eigenvalue weighted by Gasteiger charge is 2.38. The number of nitrogens with one attached hydrogen (secondary N) is 1. The molecule has 2 aromatic rings. The third-order valence-corrected chi connectivity index (χ3v) is 8.27. The van der Waals surface area contributed by atoms with E-state index in [1.165, 1.54) is 9.87 Å². The molecule has 1 aliphatic heterocycles. The highest BCUT2D eigenvalue weighted by Crippen LogP contribution is 2.30. The molecule has 2 fully saturated rings. The second-order valence-corrected chi connectivity index (χ2v) is 11.0. The van der Waals surface area contributed by atoms with Gasteiger partial charge in [0.2, 0.25) is 15.9 Å². The summed E-state index contributed by atoms with van der Waals surface area (Å²) in [6.45, 7) is 8.32. The van der Waals surface area contributed by atoms with Crippen molar-refractivity contribution in [1.82, 2.24) is 14.8 Å². The highest BCUT2D eigenvalue weighted by atomic mass is 32.2. The van der Waals surface area contributed by atoms with Gasteiger partial charge in [-0.15, -0.1) is 0 Å². The lowest BCUT2D eigenvalue weighted by atomic mass is 9.99. The van der Waals surface area contributed by atoms with Gasteiger partial charge in [-0.25, -0.2) is 8.42 Å². The Kier molecular flexibility index (Phi) is 6.27. The predicted molar refractivity (Wildman–Crippen MR) is 123 cm³/mol. The van der Waals surface area contributed by atoms with Crippen LogP contribution in [0.5, 0.6) is 0 Å². The first-order valence-electron chi connectivity index (χ1n) is 11.2. The summed E-state index contributed by atoms with van der Waals surface area (Å²) in [4.78, 5) is 12.6. The molecule has 172 valence electrons. The van der Waals surface area contributed by atoms with Crippen LogP contribution in [0.2, 0.25) is 0 Å². The molecule has 1 aromatic carbocycles. The van der Waals surface area contributed by atoms with Crippen molar-refractivity contribution in [3.63, 3.8) is 0 Å². The molecule has 1 N–H and O–H groups in total. The summed E-state index contributed by atoms with van der Waals surface area (Å²) in [6, 6.07) is 4.45. The smallest absolute Gasteiger partial charge is 0.248 e. The molecule has 1 atom stereocenters. The van der Waals surface area contributed by atoms with Crippen molar-refractivity contribution in [2.24, 2.45) is 5.92 Å². The minimum atomic E-state index is -3.84. The number of carbonyl (C=O) groups excluding carboxylic acids is 1. The molecule has 0 spiro atoms. The van der Waals surface area contributed by atoms with E-state index in [1.54, 1.807) is 13.0 Å². The summed E-state index contributed by atoms with van der Waals surface area (Å²) < 4.78 is 33.9. The Balaban J connectivity index is 1.59. The van der Waals surface area contributed by atoms with Gasteiger partial charge in [0.15, 0.2) is 10.7 Å². The number of aryl methyl sites for hydroxylation is 4. The normalized spacial score (nSPS) is 20.1. The van der Waals surface area contributed by atoms with Gasteiger partial charge in [-0.2, -0.15) is 4.31 Å². The van der Waals surface area contributed by atoms with Crippen LogP contribution >= 0.6 is 0 Å². The van der Waals surface area contributed by atoms with Crippen molar-refractivity contribution in [3.05, 3.63) is 45.8 Å². The molecule has 0 unspecified atom stereocenters. The van der Waals surface area contributed by atoms with E-state index in [-0.39, 0.29) is 35.1 Å². The largest absolute Gasteiger partial charge is 0.355 e. The van der Waals surface area contributed by atoms with Gasteiger partial charge < -0.3 is 9.84 Å². The lowest BCUT2D eigenvalue weighted by Crippen LogP contribution is -2.46. The zero-order valence-corrected chi connectivity index (χ0v) is 20.0. The first-order chi connectivity index (χ1) is 15.2. The van der Waals surface area contributed by atoms with Crippen LogP contribution in [0.1, 0.15) is 59.4 Å². The Morgan fingerprint density at radius 2 is 1.81 bits per heavy atom. The van der Waals surface area contributed by atoms with E-state index >= 15 is 0 Å². The van der Waals surface area contributed by atoms with Crippen molar-refractivity contribution in [2.45, 2.75) is 64.3 Å². The lowest BCUT2D eigenvalue weighted by molar-refractivity contribution is -0.126. The third-order valence-electron chi connectivity index (χ3n) is 6.25. The number of amides is 1. The summed E-state index contributed by atoms with van der Waals surface area (Å²) in [7, 11) is -3.84. The van der Waals surface area contributed by atoms with Gasteiger partial charge in [0.25, 0.3) is 0 Å². The van der Waals surface area contributed by atoms with E-state index in [0.717, 1.165) is 29.5 Å². The molecule has 0 bridgehead atoms. The molecule has 1 aliphatic carbocycles. The number of rotatable bonds is 6. The maximum Gasteiger partial charge on any atom is 0.248 e. The summed E-state index contributed by atoms with van der Waals surface area (Å²) in [6.07, 6.45) is 6.93. The fourth-order valence-electron chi connectivity index (χ4n) is 4.46. The third kappa shape index (κ3) is 4.66. The predicted octanol–water partition coefficient (Wildman–Crippen LogP) is 3.76. The molecular formula is C24H31N3O4S. The summed E-state index contributed by atoms with van der Waals surface area (Å²) in [5, 5.41) is 6.94. The van der Waals surface area contributed by atoms with Gasteiger partial charge in [-0.1, -0.05) is 28.9 Å². The maximum atomic E-state index is 13.5. The summed E-state index contributed by atoms with van der Waals surface area (Å²) in [5.74, 6) is -0.151. The van der Waals surface area contributed by atoms with Gasteiger partial charge >= 0.3 is 0 Å². The number of nitrogens with zero attached hydrogens (tertiary/aromatic N) is 2.